The van der Waals surface area contributed by atoms with Crippen LogP contribution in [0.15, 0.2) is 23.1 Å². The Morgan fingerprint density at radius 1 is 1.29 bits per heavy atom. The molecule has 0 aromatic heterocycles. The van der Waals surface area contributed by atoms with Gasteiger partial charge in [0.2, 0.25) is 16.8 Å². The maximum Gasteiger partial charge on any atom is 0.308 e. The topological polar surface area (TPSA) is 93.1 Å². The number of ether oxygens (including phenoxy) is 2. The minimum Gasteiger partial charge on any atom is -0.481 e. The maximum absolute atomic E-state index is 12.6. The molecule has 0 radical (unpaired) electrons. The second-order valence-corrected chi connectivity index (χ2v) is 7.20. The molecule has 1 aromatic carbocycles. The van der Waals surface area contributed by atoms with Gasteiger partial charge in [0, 0.05) is 19.2 Å². The second-order valence-electron chi connectivity index (χ2n) is 5.26. The Morgan fingerprint density at radius 3 is 2.67 bits per heavy atom. The number of fused-ring (bicyclic) bond motifs is 1. The van der Waals surface area contributed by atoms with Crippen LogP contribution in [0.25, 0.3) is 0 Å². The molecule has 0 unspecified atom stereocenters. The van der Waals surface area contributed by atoms with Crippen LogP contribution in [0.3, 0.4) is 0 Å². The van der Waals surface area contributed by atoms with Crippen molar-refractivity contribution in [2.45, 2.75) is 11.8 Å². The summed E-state index contributed by atoms with van der Waals surface area (Å²) in [6.07, 6.45) is 0. The van der Waals surface area contributed by atoms with Gasteiger partial charge in [-0.05, 0) is 18.1 Å². The van der Waals surface area contributed by atoms with Crippen molar-refractivity contribution in [1.82, 2.24) is 4.31 Å². The number of sulfonamides is 1. The van der Waals surface area contributed by atoms with E-state index in [1.165, 1.54) is 16.4 Å². The van der Waals surface area contributed by atoms with Gasteiger partial charge >= 0.3 is 5.97 Å². The first-order valence-electron chi connectivity index (χ1n) is 6.52. The molecule has 0 amide bonds. The average Bonchev–Trinajstić information content (AvgIpc) is 3.03. The van der Waals surface area contributed by atoms with Crippen molar-refractivity contribution < 1.29 is 27.8 Å². The Hall–Kier alpha value is -1.80. The largest absolute Gasteiger partial charge is 0.481 e. The van der Waals surface area contributed by atoms with Gasteiger partial charge in [0.05, 0.1) is 10.8 Å². The van der Waals surface area contributed by atoms with Crippen LogP contribution in [0.1, 0.15) is 6.92 Å². The Balaban J connectivity index is 1.89. The van der Waals surface area contributed by atoms with Crippen LogP contribution in [0.4, 0.5) is 0 Å². The standard InChI is InChI=1S/C13H15NO6S/c1-8-5-14(6-10(8)13(15)16)21(17,18)9-2-3-11-12(4-9)20-7-19-11/h2-4,8,10H,5-7H2,1H3,(H,15,16)/t8-,10-/m1/s1. The van der Waals surface area contributed by atoms with Gasteiger partial charge in [-0.1, -0.05) is 6.92 Å². The third-order valence-corrected chi connectivity index (χ3v) is 5.71. The molecule has 21 heavy (non-hydrogen) atoms. The monoisotopic (exact) mass is 313 g/mol. The summed E-state index contributed by atoms with van der Waals surface area (Å²) in [5.41, 5.74) is 0. The van der Waals surface area contributed by atoms with Gasteiger partial charge in [0.15, 0.2) is 11.5 Å². The predicted octanol–water partition coefficient (Wildman–Crippen LogP) is 0.757. The highest BCUT2D eigenvalue weighted by Crippen LogP contribution is 2.36. The van der Waals surface area contributed by atoms with Crippen molar-refractivity contribution in [3.8, 4) is 11.5 Å². The molecular weight excluding hydrogens is 298 g/mol. The predicted molar refractivity (Wildman–Crippen MR) is 71.6 cm³/mol. The SMILES string of the molecule is C[C@@H]1CN(S(=O)(=O)c2ccc3c(c2)OCO3)C[C@H]1C(=O)O. The second kappa shape index (κ2) is 4.88. The van der Waals surface area contributed by atoms with Crippen LogP contribution < -0.4 is 9.47 Å². The molecule has 7 nitrogen and oxygen atoms in total. The molecule has 8 heteroatoms. The molecule has 1 N–H and O–H groups in total. The minimum atomic E-state index is -3.73. The van der Waals surface area contributed by atoms with Crippen LogP contribution >= 0.6 is 0 Å². The summed E-state index contributed by atoms with van der Waals surface area (Å²) in [7, 11) is -3.73. The molecule has 2 heterocycles. The van der Waals surface area contributed by atoms with Gasteiger partial charge < -0.3 is 14.6 Å². The molecule has 3 rings (SSSR count). The molecule has 1 fully saturated rings. The fourth-order valence-electron chi connectivity index (χ4n) is 2.63. The fraction of sp³-hybridized carbons (Fsp3) is 0.462. The summed E-state index contributed by atoms with van der Waals surface area (Å²) >= 11 is 0. The average molecular weight is 313 g/mol. The number of aliphatic carboxylic acids is 1. The Labute approximate surface area is 122 Å². The van der Waals surface area contributed by atoms with E-state index >= 15 is 0 Å². The van der Waals surface area contributed by atoms with Crippen LogP contribution in [-0.2, 0) is 14.8 Å². The summed E-state index contributed by atoms with van der Waals surface area (Å²) in [6, 6.07) is 4.40. The molecule has 0 aliphatic carbocycles. The highest BCUT2D eigenvalue weighted by atomic mass is 32.2. The first kappa shape index (κ1) is 14.2. The summed E-state index contributed by atoms with van der Waals surface area (Å²) in [5.74, 6) is -0.962. The van der Waals surface area contributed by atoms with Crippen LogP contribution in [0.2, 0.25) is 0 Å². The number of rotatable bonds is 3. The van der Waals surface area contributed by atoms with Crippen molar-refractivity contribution in [2.24, 2.45) is 11.8 Å². The fourth-order valence-corrected chi connectivity index (χ4v) is 4.21. The van der Waals surface area contributed by atoms with Gasteiger partial charge in [0.1, 0.15) is 0 Å². The van der Waals surface area contributed by atoms with Gasteiger partial charge in [-0.2, -0.15) is 4.31 Å². The van der Waals surface area contributed by atoms with Crippen molar-refractivity contribution in [2.75, 3.05) is 19.9 Å². The van der Waals surface area contributed by atoms with Gasteiger partial charge in [-0.25, -0.2) is 8.42 Å². The smallest absolute Gasteiger partial charge is 0.308 e. The normalized spacial score (nSPS) is 25.2. The Kier molecular flexibility index (Phi) is 3.29. The third kappa shape index (κ3) is 2.34. The maximum atomic E-state index is 12.6. The summed E-state index contributed by atoms with van der Waals surface area (Å²) in [6.45, 7) is 2.01. The van der Waals surface area contributed by atoms with E-state index in [4.69, 9.17) is 14.6 Å². The highest BCUT2D eigenvalue weighted by molar-refractivity contribution is 7.89. The van der Waals surface area contributed by atoms with E-state index in [9.17, 15) is 13.2 Å². The van der Waals surface area contributed by atoms with Gasteiger partial charge in [0.25, 0.3) is 0 Å². The van der Waals surface area contributed by atoms with Crippen molar-refractivity contribution in [3.63, 3.8) is 0 Å². The van der Waals surface area contributed by atoms with Crippen molar-refractivity contribution in [1.29, 1.82) is 0 Å². The first-order valence-corrected chi connectivity index (χ1v) is 7.96. The lowest BCUT2D eigenvalue weighted by atomic mass is 9.99. The van der Waals surface area contributed by atoms with Crippen LogP contribution in [0, 0.1) is 11.8 Å². The molecule has 1 saturated heterocycles. The molecule has 2 aliphatic heterocycles. The van der Waals surface area contributed by atoms with E-state index in [-0.39, 0.29) is 30.7 Å². The number of hydrogen-bond donors (Lipinski definition) is 1. The molecule has 0 saturated carbocycles. The minimum absolute atomic E-state index is 0.00667. The zero-order valence-corrected chi connectivity index (χ0v) is 12.2. The quantitative estimate of drug-likeness (QED) is 0.885. The summed E-state index contributed by atoms with van der Waals surface area (Å²) < 4.78 is 36.7. The summed E-state index contributed by atoms with van der Waals surface area (Å²) in [5, 5.41) is 9.11. The van der Waals surface area contributed by atoms with Gasteiger partial charge in [-0.15, -0.1) is 0 Å². The zero-order valence-electron chi connectivity index (χ0n) is 11.4. The van der Waals surface area contributed by atoms with E-state index in [1.807, 2.05) is 0 Å². The molecule has 114 valence electrons. The Bertz CT molecular complexity index is 686. The number of carboxylic acids is 1. The molecule has 2 aliphatic rings. The van der Waals surface area contributed by atoms with E-state index < -0.39 is 21.9 Å². The van der Waals surface area contributed by atoms with Crippen LogP contribution in [-0.4, -0.2) is 43.7 Å². The molecule has 0 bridgehead atoms. The van der Waals surface area contributed by atoms with Crippen molar-refractivity contribution >= 4 is 16.0 Å². The lowest BCUT2D eigenvalue weighted by Gasteiger charge is -2.16. The zero-order chi connectivity index (χ0) is 15.2. The number of benzene rings is 1. The molecule has 2 atom stereocenters. The Morgan fingerprint density at radius 2 is 2.00 bits per heavy atom. The van der Waals surface area contributed by atoms with E-state index in [0.717, 1.165) is 0 Å². The molecule has 0 spiro atoms. The first-order chi connectivity index (χ1) is 9.89. The van der Waals surface area contributed by atoms with E-state index in [2.05, 4.69) is 0 Å². The lowest BCUT2D eigenvalue weighted by molar-refractivity contribution is -0.142. The summed E-state index contributed by atoms with van der Waals surface area (Å²) in [4.78, 5) is 11.2. The number of hydrogen-bond acceptors (Lipinski definition) is 5. The van der Waals surface area contributed by atoms with E-state index in [0.29, 0.717) is 11.5 Å². The molecular formula is C13H15NO6S. The third-order valence-electron chi connectivity index (χ3n) is 3.88. The number of nitrogens with zero attached hydrogens (tertiary/aromatic N) is 1. The van der Waals surface area contributed by atoms with Gasteiger partial charge in [-0.3, -0.25) is 4.79 Å². The number of carboxylic acid groups (broad SMARTS) is 1. The lowest BCUT2D eigenvalue weighted by Crippen LogP contribution is -2.30. The molecule has 1 aromatic rings. The van der Waals surface area contributed by atoms with Crippen molar-refractivity contribution in [3.05, 3.63) is 18.2 Å². The van der Waals surface area contributed by atoms with Crippen LogP contribution in [0.5, 0.6) is 11.5 Å². The highest BCUT2D eigenvalue weighted by Gasteiger charge is 2.41. The number of carbonyl (C=O) groups is 1. The van der Waals surface area contributed by atoms with E-state index in [1.54, 1.807) is 13.0 Å².